The van der Waals surface area contributed by atoms with E-state index < -0.39 is 5.91 Å². The number of carbonyl (C=O) groups excluding carboxylic acids is 2. The normalized spacial score (nSPS) is 12.1. The van der Waals surface area contributed by atoms with Gasteiger partial charge in [-0.25, -0.2) is 4.68 Å². The molecule has 3 aromatic rings. The fourth-order valence-electron chi connectivity index (χ4n) is 3.79. The molecule has 1 aliphatic carbocycles. The number of hydrogen-bond acceptors (Lipinski definition) is 7. The monoisotopic (exact) mass is 439 g/mol. The van der Waals surface area contributed by atoms with Gasteiger partial charge in [-0.15, -0.1) is 0 Å². The zero-order chi connectivity index (χ0) is 22.0. The molecule has 160 valence electrons. The molecule has 0 atom stereocenters. The van der Waals surface area contributed by atoms with E-state index in [2.05, 4.69) is 9.65 Å². The Hall–Kier alpha value is -3.34. The van der Waals surface area contributed by atoms with Crippen molar-refractivity contribution in [3.8, 4) is 22.7 Å². The Labute approximate surface area is 183 Å². The fraction of sp³-hybridized carbons (Fsp3) is 0.190. The van der Waals surface area contributed by atoms with Gasteiger partial charge in [-0.05, 0) is 54.8 Å². The van der Waals surface area contributed by atoms with E-state index in [1.165, 1.54) is 6.92 Å². The van der Waals surface area contributed by atoms with Crippen LogP contribution in [0.5, 0.6) is 5.75 Å². The van der Waals surface area contributed by atoms with Crippen molar-refractivity contribution >= 4 is 29.7 Å². The van der Waals surface area contributed by atoms with E-state index in [1.54, 1.807) is 16.8 Å². The molecule has 0 saturated carbocycles. The van der Waals surface area contributed by atoms with E-state index in [1.807, 2.05) is 30.3 Å². The molecular weight excluding hydrogens is 418 g/mol. The Bertz CT molecular complexity index is 1140. The first-order chi connectivity index (χ1) is 15.0. The van der Waals surface area contributed by atoms with Crippen LogP contribution < -0.4 is 21.1 Å². The van der Waals surface area contributed by atoms with Gasteiger partial charge in [0.15, 0.2) is 5.75 Å². The summed E-state index contributed by atoms with van der Waals surface area (Å²) in [6.45, 7) is 1.47. The summed E-state index contributed by atoms with van der Waals surface area (Å²) in [5.41, 5.74) is 11.6. The SMILES string of the molecule is CC(=O)Nc1ccc2c(c1)-c1c(c(CC(N)=O)nn1-c1ccc(OOSN)cc1)CC2. The van der Waals surface area contributed by atoms with Crippen molar-refractivity contribution in [2.45, 2.75) is 26.2 Å². The van der Waals surface area contributed by atoms with Crippen LogP contribution in [0, 0.1) is 0 Å². The molecule has 10 heteroatoms. The lowest BCUT2D eigenvalue weighted by Gasteiger charge is -2.20. The van der Waals surface area contributed by atoms with Gasteiger partial charge >= 0.3 is 0 Å². The maximum Gasteiger partial charge on any atom is 0.223 e. The molecule has 0 saturated heterocycles. The second-order valence-electron chi connectivity index (χ2n) is 7.12. The number of nitrogens with zero attached hydrogens (tertiary/aromatic N) is 2. The second kappa shape index (κ2) is 8.80. The Morgan fingerprint density at radius 1 is 1.19 bits per heavy atom. The van der Waals surface area contributed by atoms with E-state index in [0.29, 0.717) is 29.4 Å². The minimum absolute atomic E-state index is 0.0544. The highest BCUT2D eigenvalue weighted by atomic mass is 32.2. The molecule has 31 heavy (non-hydrogen) atoms. The molecule has 1 aromatic heterocycles. The third-order valence-electron chi connectivity index (χ3n) is 4.99. The summed E-state index contributed by atoms with van der Waals surface area (Å²) in [5.74, 6) is -0.105. The number of amides is 2. The van der Waals surface area contributed by atoms with Gasteiger partial charge < -0.3 is 15.9 Å². The van der Waals surface area contributed by atoms with Gasteiger partial charge in [0, 0.05) is 23.7 Å². The maximum absolute atomic E-state index is 11.6. The van der Waals surface area contributed by atoms with Crippen LogP contribution in [-0.4, -0.2) is 21.6 Å². The van der Waals surface area contributed by atoms with Crippen LogP contribution in [0.3, 0.4) is 0 Å². The van der Waals surface area contributed by atoms with Crippen molar-refractivity contribution < 1.29 is 18.8 Å². The summed E-state index contributed by atoms with van der Waals surface area (Å²) in [4.78, 5) is 28.2. The van der Waals surface area contributed by atoms with Gasteiger partial charge in [-0.3, -0.25) is 14.7 Å². The molecular formula is C21H21N5O4S. The third kappa shape index (κ3) is 4.41. The van der Waals surface area contributed by atoms with Gasteiger partial charge in [-0.2, -0.15) is 5.10 Å². The van der Waals surface area contributed by atoms with Crippen LogP contribution in [0.4, 0.5) is 5.69 Å². The molecule has 5 N–H and O–H groups in total. The summed E-state index contributed by atoms with van der Waals surface area (Å²) in [7, 11) is 0. The molecule has 0 radical (unpaired) electrons. The van der Waals surface area contributed by atoms with Crippen molar-refractivity contribution in [3.63, 3.8) is 0 Å². The largest absolute Gasteiger partial charge is 0.369 e. The average molecular weight is 439 g/mol. The van der Waals surface area contributed by atoms with E-state index in [0.717, 1.165) is 40.9 Å². The van der Waals surface area contributed by atoms with Crippen LogP contribution >= 0.6 is 12.2 Å². The zero-order valence-corrected chi connectivity index (χ0v) is 17.6. The number of aryl methyl sites for hydroxylation is 1. The molecule has 2 amide bonds. The number of primary amides is 1. The van der Waals surface area contributed by atoms with Crippen molar-refractivity contribution in [2.75, 3.05) is 5.32 Å². The Balaban J connectivity index is 1.83. The standard InChI is InChI=1S/C21H21N5O4S/c1-12(27)24-14-4-2-13-3-9-17-19(11-20(22)28)25-26(21(17)18(13)10-14)15-5-7-16(8-6-15)29-30-31-23/h2,4-8,10H,3,9,11,23H2,1H3,(H2,22,28)(H,24,27). The topological polar surface area (TPSA) is 134 Å². The molecule has 4 rings (SSSR count). The minimum atomic E-state index is -0.439. The molecule has 0 spiro atoms. The highest BCUT2D eigenvalue weighted by Crippen LogP contribution is 2.38. The summed E-state index contributed by atoms with van der Waals surface area (Å²) in [5, 5.41) is 12.7. The molecule has 0 unspecified atom stereocenters. The van der Waals surface area contributed by atoms with Crippen LogP contribution in [0.25, 0.3) is 16.9 Å². The molecule has 0 bridgehead atoms. The molecule has 1 heterocycles. The van der Waals surface area contributed by atoms with Gasteiger partial charge in [0.25, 0.3) is 0 Å². The highest BCUT2D eigenvalue weighted by molar-refractivity contribution is 7.92. The number of hydrogen-bond donors (Lipinski definition) is 3. The quantitative estimate of drug-likeness (QED) is 0.223. The van der Waals surface area contributed by atoms with Crippen LogP contribution in [0.15, 0.2) is 42.5 Å². The molecule has 1 aliphatic rings. The smallest absolute Gasteiger partial charge is 0.223 e. The summed E-state index contributed by atoms with van der Waals surface area (Å²) < 4.78 is 6.48. The van der Waals surface area contributed by atoms with Gasteiger partial charge in [0.2, 0.25) is 11.8 Å². The first-order valence-corrected chi connectivity index (χ1v) is 10.4. The third-order valence-corrected chi connectivity index (χ3v) is 5.14. The predicted molar refractivity (Wildman–Crippen MR) is 117 cm³/mol. The number of carbonyl (C=O) groups is 2. The Morgan fingerprint density at radius 3 is 2.65 bits per heavy atom. The average Bonchev–Trinajstić information content (AvgIpc) is 3.10. The van der Waals surface area contributed by atoms with Crippen molar-refractivity contribution in [1.29, 1.82) is 0 Å². The van der Waals surface area contributed by atoms with Crippen molar-refractivity contribution in [3.05, 3.63) is 59.3 Å². The number of nitrogens with two attached hydrogens (primary N) is 2. The molecule has 0 aliphatic heterocycles. The van der Waals surface area contributed by atoms with E-state index in [9.17, 15) is 9.59 Å². The summed E-state index contributed by atoms with van der Waals surface area (Å²) in [6, 6.07) is 12.9. The molecule has 0 fully saturated rings. The first kappa shape index (κ1) is 20.9. The molecule has 9 nitrogen and oxygen atoms in total. The zero-order valence-electron chi connectivity index (χ0n) is 16.8. The van der Waals surface area contributed by atoms with Gasteiger partial charge in [0.05, 0.1) is 23.5 Å². The highest BCUT2D eigenvalue weighted by Gasteiger charge is 2.27. The van der Waals surface area contributed by atoms with Crippen molar-refractivity contribution in [2.24, 2.45) is 10.9 Å². The summed E-state index contributed by atoms with van der Waals surface area (Å²) in [6.07, 6.45) is 1.60. The van der Waals surface area contributed by atoms with Gasteiger partial charge in [0.1, 0.15) is 12.2 Å². The van der Waals surface area contributed by atoms with E-state index in [-0.39, 0.29) is 12.3 Å². The van der Waals surface area contributed by atoms with E-state index in [4.69, 9.17) is 20.9 Å². The summed E-state index contributed by atoms with van der Waals surface area (Å²) >= 11 is 0.609. The lowest BCUT2D eigenvalue weighted by Crippen LogP contribution is -2.15. The number of anilines is 1. The van der Waals surface area contributed by atoms with Crippen LogP contribution in [-0.2, 0) is 33.2 Å². The number of fused-ring (bicyclic) bond motifs is 3. The number of benzene rings is 2. The van der Waals surface area contributed by atoms with Crippen LogP contribution in [0.1, 0.15) is 23.7 Å². The Morgan fingerprint density at radius 2 is 1.97 bits per heavy atom. The molecule has 2 aromatic carbocycles. The minimum Gasteiger partial charge on any atom is -0.369 e. The lowest BCUT2D eigenvalue weighted by atomic mass is 9.88. The maximum atomic E-state index is 11.6. The lowest BCUT2D eigenvalue weighted by molar-refractivity contribution is -0.117. The number of aromatic nitrogens is 2. The van der Waals surface area contributed by atoms with Crippen molar-refractivity contribution in [1.82, 2.24) is 9.78 Å². The fourth-order valence-corrected chi connectivity index (χ4v) is 3.90. The van der Waals surface area contributed by atoms with Gasteiger partial charge in [-0.1, -0.05) is 10.4 Å². The predicted octanol–water partition coefficient (Wildman–Crippen LogP) is 2.46. The first-order valence-electron chi connectivity index (χ1n) is 9.56. The van der Waals surface area contributed by atoms with Crippen LogP contribution in [0.2, 0.25) is 0 Å². The Kier molecular flexibility index (Phi) is 5.94. The second-order valence-corrected chi connectivity index (χ2v) is 7.45. The number of rotatable bonds is 7. The number of nitrogens with one attached hydrogen (secondary N) is 1. The van der Waals surface area contributed by atoms with E-state index >= 15 is 0 Å².